The van der Waals surface area contributed by atoms with Gasteiger partial charge in [-0.25, -0.2) is 0 Å². The highest BCUT2D eigenvalue weighted by Crippen LogP contribution is 2.30. The molecule has 1 aromatic carbocycles. The number of benzene rings is 1. The molecular weight excluding hydrogens is 350 g/mol. The molecule has 1 amide bonds. The topological polar surface area (TPSA) is 68.5 Å². The van der Waals surface area contributed by atoms with E-state index in [-0.39, 0.29) is 11.8 Å². The van der Waals surface area contributed by atoms with Gasteiger partial charge in [-0.3, -0.25) is 4.79 Å². The first-order chi connectivity index (χ1) is 12.7. The van der Waals surface area contributed by atoms with E-state index >= 15 is 0 Å². The quantitative estimate of drug-likeness (QED) is 0.662. The van der Waals surface area contributed by atoms with Crippen molar-refractivity contribution in [2.45, 2.75) is 25.8 Å². The molecule has 0 radical (unpaired) electrons. The van der Waals surface area contributed by atoms with E-state index in [1.165, 1.54) is 4.88 Å². The largest absolute Gasteiger partial charge is 0.494 e. The molecule has 4 rings (SSSR count). The Hall–Kier alpha value is -2.67. The predicted molar refractivity (Wildman–Crippen MR) is 98.0 cm³/mol. The molecular formula is C19H19N3O3S. The molecule has 134 valence electrons. The molecule has 3 heterocycles. The summed E-state index contributed by atoms with van der Waals surface area (Å²) in [5, 5.41) is 6.11. The average Bonchev–Trinajstić information content (AvgIpc) is 3.38. The van der Waals surface area contributed by atoms with Crippen LogP contribution in [0.4, 0.5) is 0 Å². The maximum Gasteiger partial charge on any atom is 0.232 e. The van der Waals surface area contributed by atoms with E-state index in [2.05, 4.69) is 10.1 Å². The molecule has 0 aliphatic carbocycles. The van der Waals surface area contributed by atoms with Crippen LogP contribution in [-0.2, 0) is 11.3 Å². The smallest absolute Gasteiger partial charge is 0.232 e. The minimum atomic E-state index is -0.0567. The van der Waals surface area contributed by atoms with Crippen molar-refractivity contribution in [1.82, 2.24) is 15.0 Å². The number of nitrogens with zero attached hydrogens (tertiary/aromatic N) is 3. The molecule has 1 fully saturated rings. The summed E-state index contributed by atoms with van der Waals surface area (Å²) in [5.74, 6) is 1.88. The summed E-state index contributed by atoms with van der Waals surface area (Å²) in [6.07, 6.45) is 0.409. The van der Waals surface area contributed by atoms with Crippen molar-refractivity contribution in [2.75, 3.05) is 13.2 Å². The molecule has 3 aromatic rings. The van der Waals surface area contributed by atoms with Crippen molar-refractivity contribution in [3.05, 3.63) is 52.5 Å². The Labute approximate surface area is 155 Å². The van der Waals surface area contributed by atoms with Crippen LogP contribution in [0.25, 0.3) is 11.4 Å². The molecule has 1 aliphatic heterocycles. The first kappa shape index (κ1) is 16.8. The van der Waals surface area contributed by atoms with Gasteiger partial charge in [-0.2, -0.15) is 4.98 Å². The van der Waals surface area contributed by atoms with Crippen LogP contribution < -0.4 is 4.74 Å². The highest BCUT2D eigenvalue weighted by Gasteiger charge is 2.34. The zero-order chi connectivity index (χ0) is 17.9. The third-order valence-corrected chi connectivity index (χ3v) is 5.20. The van der Waals surface area contributed by atoms with Crippen molar-refractivity contribution in [3.8, 4) is 17.1 Å². The Morgan fingerprint density at radius 1 is 1.35 bits per heavy atom. The number of ether oxygens (including phenoxy) is 1. The first-order valence-corrected chi connectivity index (χ1v) is 9.48. The van der Waals surface area contributed by atoms with Crippen LogP contribution in [0.5, 0.6) is 5.75 Å². The van der Waals surface area contributed by atoms with Crippen LogP contribution in [0, 0.1) is 0 Å². The van der Waals surface area contributed by atoms with Crippen LogP contribution in [-0.4, -0.2) is 34.1 Å². The van der Waals surface area contributed by atoms with E-state index in [1.54, 1.807) is 11.3 Å². The zero-order valence-corrected chi connectivity index (χ0v) is 15.2. The van der Waals surface area contributed by atoms with Crippen molar-refractivity contribution >= 4 is 17.2 Å². The molecule has 0 bridgehead atoms. The lowest BCUT2D eigenvalue weighted by Crippen LogP contribution is -2.23. The van der Waals surface area contributed by atoms with E-state index in [1.807, 2.05) is 53.6 Å². The van der Waals surface area contributed by atoms with Gasteiger partial charge in [-0.05, 0) is 30.5 Å². The van der Waals surface area contributed by atoms with E-state index in [0.717, 1.165) is 11.3 Å². The molecule has 0 spiro atoms. The molecule has 7 heteroatoms. The van der Waals surface area contributed by atoms with Gasteiger partial charge >= 0.3 is 0 Å². The maximum atomic E-state index is 12.3. The number of carbonyl (C=O) groups is 1. The van der Waals surface area contributed by atoms with Gasteiger partial charge in [0.25, 0.3) is 0 Å². The lowest BCUT2D eigenvalue weighted by Gasteiger charge is -2.14. The molecule has 6 nitrogen and oxygen atoms in total. The fourth-order valence-electron chi connectivity index (χ4n) is 3.09. The third kappa shape index (κ3) is 3.48. The molecule has 0 saturated carbocycles. The number of rotatable bonds is 6. The summed E-state index contributed by atoms with van der Waals surface area (Å²) in [6.45, 7) is 3.80. The minimum absolute atomic E-state index is 0.0567. The normalized spacial score (nSPS) is 17.0. The molecule has 1 atom stereocenters. The predicted octanol–water partition coefficient (Wildman–Crippen LogP) is 3.71. The lowest BCUT2D eigenvalue weighted by molar-refractivity contribution is -0.128. The summed E-state index contributed by atoms with van der Waals surface area (Å²) in [4.78, 5) is 19.9. The van der Waals surface area contributed by atoms with Crippen LogP contribution in [0.2, 0.25) is 0 Å². The van der Waals surface area contributed by atoms with Gasteiger partial charge in [-0.1, -0.05) is 23.4 Å². The Kier molecular flexibility index (Phi) is 4.71. The highest BCUT2D eigenvalue weighted by molar-refractivity contribution is 7.09. The average molecular weight is 369 g/mol. The van der Waals surface area contributed by atoms with Gasteiger partial charge < -0.3 is 14.2 Å². The summed E-state index contributed by atoms with van der Waals surface area (Å²) in [5.41, 5.74) is 0.839. The number of aromatic nitrogens is 2. The minimum Gasteiger partial charge on any atom is -0.494 e. The van der Waals surface area contributed by atoms with Gasteiger partial charge in [0.1, 0.15) is 5.75 Å². The van der Waals surface area contributed by atoms with Crippen molar-refractivity contribution in [2.24, 2.45) is 0 Å². The second kappa shape index (κ2) is 7.29. The Morgan fingerprint density at radius 3 is 3.08 bits per heavy atom. The summed E-state index contributed by atoms with van der Waals surface area (Å²) >= 11 is 1.66. The lowest BCUT2D eigenvalue weighted by atomic mass is 10.1. The van der Waals surface area contributed by atoms with Crippen LogP contribution >= 0.6 is 11.3 Å². The Balaban J connectivity index is 1.48. The fourth-order valence-corrected chi connectivity index (χ4v) is 3.81. The second-order valence-corrected chi connectivity index (χ2v) is 7.20. The molecule has 2 aromatic heterocycles. The summed E-state index contributed by atoms with van der Waals surface area (Å²) in [7, 11) is 0. The van der Waals surface area contributed by atoms with Crippen molar-refractivity contribution in [3.63, 3.8) is 0 Å². The molecule has 1 saturated heterocycles. The number of carbonyl (C=O) groups excluding carboxylic acids is 1. The monoisotopic (exact) mass is 369 g/mol. The zero-order valence-electron chi connectivity index (χ0n) is 14.4. The Morgan fingerprint density at radius 2 is 2.27 bits per heavy atom. The van der Waals surface area contributed by atoms with Crippen LogP contribution in [0.3, 0.4) is 0 Å². The molecule has 1 aliphatic rings. The van der Waals surface area contributed by atoms with Gasteiger partial charge in [0, 0.05) is 23.4 Å². The van der Waals surface area contributed by atoms with Crippen LogP contribution in [0.1, 0.15) is 30.0 Å². The van der Waals surface area contributed by atoms with E-state index in [4.69, 9.17) is 9.26 Å². The highest BCUT2D eigenvalue weighted by atomic mass is 32.1. The molecule has 0 N–H and O–H groups in total. The number of likely N-dealkylation sites (tertiary alicyclic amines) is 1. The van der Waals surface area contributed by atoms with Gasteiger partial charge in [0.2, 0.25) is 17.6 Å². The fraction of sp³-hybridized carbons (Fsp3) is 0.316. The first-order valence-electron chi connectivity index (χ1n) is 8.60. The summed E-state index contributed by atoms with van der Waals surface area (Å²) < 4.78 is 11.0. The Bertz CT molecular complexity index is 891. The number of thiophene rings is 1. The molecule has 26 heavy (non-hydrogen) atoms. The SMILES string of the molecule is CCOc1cccc(-c2noc(C3CC(=O)N(Cc4cccs4)C3)n2)c1. The second-order valence-electron chi connectivity index (χ2n) is 6.17. The summed E-state index contributed by atoms with van der Waals surface area (Å²) in [6, 6.07) is 11.6. The number of amides is 1. The standard InChI is InChI=1S/C19H19N3O3S/c1-2-24-15-6-3-5-13(9-15)18-20-19(25-21-18)14-10-17(23)22(11-14)12-16-7-4-8-26-16/h3-9,14H,2,10-12H2,1H3. The third-order valence-electron chi connectivity index (χ3n) is 4.34. The van der Waals surface area contributed by atoms with Crippen LogP contribution in [0.15, 0.2) is 46.3 Å². The maximum absolute atomic E-state index is 12.3. The van der Waals surface area contributed by atoms with Gasteiger partial charge in [0.15, 0.2) is 0 Å². The number of hydrogen-bond donors (Lipinski definition) is 0. The van der Waals surface area contributed by atoms with E-state index in [0.29, 0.717) is 37.8 Å². The van der Waals surface area contributed by atoms with E-state index < -0.39 is 0 Å². The number of hydrogen-bond acceptors (Lipinski definition) is 6. The van der Waals surface area contributed by atoms with Crippen molar-refractivity contribution in [1.29, 1.82) is 0 Å². The van der Waals surface area contributed by atoms with Gasteiger partial charge in [0.05, 0.1) is 19.1 Å². The van der Waals surface area contributed by atoms with Crippen molar-refractivity contribution < 1.29 is 14.1 Å². The van der Waals surface area contributed by atoms with E-state index in [9.17, 15) is 4.79 Å². The van der Waals surface area contributed by atoms with Gasteiger partial charge in [-0.15, -0.1) is 11.3 Å². The molecule has 1 unspecified atom stereocenters.